The van der Waals surface area contributed by atoms with Gasteiger partial charge in [0.1, 0.15) is 12.3 Å². The van der Waals surface area contributed by atoms with Crippen molar-refractivity contribution in [1.29, 1.82) is 0 Å². The molecule has 1 aromatic heterocycles. The lowest BCUT2D eigenvalue weighted by Crippen LogP contribution is -2.38. The second kappa shape index (κ2) is 7.22. The number of carbonyl (C=O) groups is 1. The maximum atomic E-state index is 12.4. The van der Waals surface area contributed by atoms with E-state index in [-0.39, 0.29) is 19.1 Å². The van der Waals surface area contributed by atoms with Gasteiger partial charge in [0.2, 0.25) is 11.7 Å². The zero-order chi connectivity index (χ0) is 19.7. The number of anilines is 1. The normalized spacial score (nSPS) is 13.1. The summed E-state index contributed by atoms with van der Waals surface area (Å²) in [5.74, 6) is 2.24. The van der Waals surface area contributed by atoms with Crippen molar-refractivity contribution in [3.63, 3.8) is 0 Å². The molecular weight excluding hydrogens is 362 g/mol. The smallest absolute Gasteiger partial charge is 0.265 e. The molecule has 0 saturated carbocycles. The van der Waals surface area contributed by atoms with Gasteiger partial charge in [0, 0.05) is 0 Å². The van der Waals surface area contributed by atoms with Crippen molar-refractivity contribution in [2.24, 2.45) is 0 Å². The monoisotopic (exact) mass is 381 g/mol. The Kier molecular flexibility index (Phi) is 4.60. The van der Waals surface area contributed by atoms with Crippen LogP contribution in [0.2, 0.25) is 0 Å². The predicted molar refractivity (Wildman–Crippen MR) is 101 cm³/mol. The van der Waals surface area contributed by atoms with Gasteiger partial charge in [0.15, 0.2) is 18.1 Å². The van der Waals surface area contributed by atoms with Gasteiger partial charge in [-0.25, -0.2) is 0 Å². The largest absolute Gasteiger partial charge is 0.493 e. The lowest BCUT2D eigenvalue weighted by atomic mass is 10.1. The highest BCUT2D eigenvalue weighted by atomic mass is 16.5. The fourth-order valence-corrected chi connectivity index (χ4v) is 3.11. The van der Waals surface area contributed by atoms with E-state index in [0.29, 0.717) is 40.2 Å². The van der Waals surface area contributed by atoms with Crippen LogP contribution in [0.4, 0.5) is 5.69 Å². The summed E-state index contributed by atoms with van der Waals surface area (Å²) in [5, 5.41) is 4.04. The standard InChI is InChI=1S/C20H19N3O5/c1-12-7-8-14-16(9-12)27-11-18(24)23(14)10-17-21-20(22-28-17)13-5-4-6-15(25-2)19(13)26-3/h4-9H,10-11H2,1-3H3. The van der Waals surface area contributed by atoms with E-state index in [2.05, 4.69) is 10.1 Å². The molecule has 1 aliphatic heterocycles. The molecule has 0 unspecified atom stereocenters. The number of amides is 1. The Labute approximate surface area is 161 Å². The Bertz CT molecular complexity index is 1030. The van der Waals surface area contributed by atoms with Crippen LogP contribution >= 0.6 is 0 Å². The van der Waals surface area contributed by atoms with Crippen LogP contribution in [0.5, 0.6) is 17.2 Å². The van der Waals surface area contributed by atoms with E-state index in [1.165, 1.54) is 0 Å². The molecule has 0 radical (unpaired) electrons. The van der Waals surface area contributed by atoms with Gasteiger partial charge >= 0.3 is 0 Å². The zero-order valence-electron chi connectivity index (χ0n) is 15.8. The summed E-state index contributed by atoms with van der Waals surface area (Å²) >= 11 is 0. The summed E-state index contributed by atoms with van der Waals surface area (Å²) < 4.78 is 21.7. The molecule has 3 aromatic rings. The van der Waals surface area contributed by atoms with Gasteiger partial charge in [0.05, 0.1) is 25.5 Å². The predicted octanol–water partition coefficient (Wildman–Crippen LogP) is 2.99. The number of hydrogen-bond donors (Lipinski definition) is 0. The quantitative estimate of drug-likeness (QED) is 0.671. The van der Waals surface area contributed by atoms with Crippen molar-refractivity contribution in [3.05, 3.63) is 47.9 Å². The van der Waals surface area contributed by atoms with Crippen LogP contribution in [0.3, 0.4) is 0 Å². The fourth-order valence-electron chi connectivity index (χ4n) is 3.11. The summed E-state index contributed by atoms with van der Waals surface area (Å²) in [7, 11) is 3.11. The molecule has 0 atom stereocenters. The Morgan fingerprint density at radius 1 is 1.18 bits per heavy atom. The molecule has 0 spiro atoms. The van der Waals surface area contributed by atoms with Gasteiger partial charge in [-0.1, -0.05) is 17.3 Å². The third-order valence-corrected chi connectivity index (χ3v) is 4.46. The van der Waals surface area contributed by atoms with Crippen molar-refractivity contribution in [2.45, 2.75) is 13.5 Å². The van der Waals surface area contributed by atoms with Crippen LogP contribution in [0.15, 0.2) is 40.9 Å². The van der Waals surface area contributed by atoms with Crippen LogP contribution < -0.4 is 19.1 Å². The van der Waals surface area contributed by atoms with E-state index in [1.807, 2.05) is 37.3 Å². The maximum absolute atomic E-state index is 12.4. The van der Waals surface area contributed by atoms with Gasteiger partial charge in [-0.05, 0) is 36.8 Å². The first-order chi connectivity index (χ1) is 13.6. The molecule has 2 aromatic carbocycles. The molecule has 0 N–H and O–H groups in total. The molecule has 8 heteroatoms. The molecule has 28 heavy (non-hydrogen) atoms. The third-order valence-electron chi connectivity index (χ3n) is 4.46. The van der Waals surface area contributed by atoms with Gasteiger partial charge in [-0.15, -0.1) is 0 Å². The number of hydrogen-bond acceptors (Lipinski definition) is 7. The minimum absolute atomic E-state index is 0.0266. The summed E-state index contributed by atoms with van der Waals surface area (Å²) in [6, 6.07) is 11.1. The number of para-hydroxylation sites is 1. The molecule has 1 aliphatic rings. The second-order valence-electron chi connectivity index (χ2n) is 6.29. The number of rotatable bonds is 5. The number of fused-ring (bicyclic) bond motifs is 1. The number of benzene rings is 2. The van der Waals surface area contributed by atoms with Gasteiger partial charge in [-0.2, -0.15) is 4.98 Å². The van der Waals surface area contributed by atoms with E-state index in [0.717, 1.165) is 5.56 Å². The molecule has 0 saturated heterocycles. The van der Waals surface area contributed by atoms with Crippen LogP contribution in [0.1, 0.15) is 11.5 Å². The van der Waals surface area contributed by atoms with E-state index >= 15 is 0 Å². The first-order valence-corrected chi connectivity index (χ1v) is 8.68. The molecule has 2 heterocycles. The Morgan fingerprint density at radius 3 is 2.82 bits per heavy atom. The average molecular weight is 381 g/mol. The second-order valence-corrected chi connectivity index (χ2v) is 6.29. The lowest BCUT2D eigenvalue weighted by molar-refractivity contribution is -0.121. The van der Waals surface area contributed by atoms with E-state index in [4.69, 9.17) is 18.7 Å². The van der Waals surface area contributed by atoms with Crippen molar-refractivity contribution in [3.8, 4) is 28.6 Å². The van der Waals surface area contributed by atoms with E-state index in [9.17, 15) is 4.79 Å². The Morgan fingerprint density at radius 2 is 2.04 bits per heavy atom. The van der Waals surface area contributed by atoms with E-state index in [1.54, 1.807) is 25.2 Å². The molecule has 0 bridgehead atoms. The Balaban J connectivity index is 1.64. The highest BCUT2D eigenvalue weighted by Crippen LogP contribution is 2.37. The number of aryl methyl sites for hydroxylation is 1. The zero-order valence-corrected chi connectivity index (χ0v) is 15.8. The Hall–Kier alpha value is -3.55. The third kappa shape index (κ3) is 3.13. The van der Waals surface area contributed by atoms with E-state index < -0.39 is 0 Å². The average Bonchev–Trinajstić information content (AvgIpc) is 3.17. The van der Waals surface area contributed by atoms with Gasteiger partial charge < -0.3 is 18.7 Å². The maximum Gasteiger partial charge on any atom is 0.265 e. The minimum atomic E-state index is -0.171. The highest BCUT2D eigenvalue weighted by molar-refractivity contribution is 5.97. The number of ether oxygens (including phenoxy) is 3. The number of methoxy groups -OCH3 is 2. The minimum Gasteiger partial charge on any atom is -0.493 e. The first kappa shape index (κ1) is 17.8. The van der Waals surface area contributed by atoms with Crippen LogP contribution in [0, 0.1) is 6.92 Å². The molecule has 8 nitrogen and oxygen atoms in total. The van der Waals surface area contributed by atoms with Crippen molar-refractivity contribution in [1.82, 2.24) is 10.1 Å². The summed E-state index contributed by atoms with van der Waals surface area (Å²) in [4.78, 5) is 18.4. The van der Waals surface area contributed by atoms with Crippen molar-refractivity contribution >= 4 is 11.6 Å². The fraction of sp³-hybridized carbons (Fsp3) is 0.250. The lowest BCUT2D eigenvalue weighted by Gasteiger charge is -2.28. The number of carbonyl (C=O) groups excluding carboxylic acids is 1. The van der Waals surface area contributed by atoms with Crippen molar-refractivity contribution < 1.29 is 23.5 Å². The summed E-state index contributed by atoms with van der Waals surface area (Å²) in [6.07, 6.45) is 0. The van der Waals surface area contributed by atoms with Crippen LogP contribution in [-0.2, 0) is 11.3 Å². The number of nitrogens with zero attached hydrogens (tertiary/aromatic N) is 3. The SMILES string of the molecule is COc1cccc(-c2noc(CN3C(=O)COc4cc(C)ccc43)n2)c1OC. The molecule has 1 amide bonds. The molecule has 4 rings (SSSR count). The van der Waals surface area contributed by atoms with Crippen LogP contribution in [-0.4, -0.2) is 36.9 Å². The first-order valence-electron chi connectivity index (χ1n) is 8.68. The molecule has 0 fully saturated rings. The van der Waals surface area contributed by atoms with Gasteiger partial charge in [0.25, 0.3) is 5.91 Å². The molecular formula is C20H19N3O5. The summed E-state index contributed by atoms with van der Waals surface area (Å²) in [5.41, 5.74) is 2.37. The summed E-state index contributed by atoms with van der Waals surface area (Å²) in [6.45, 7) is 2.09. The van der Waals surface area contributed by atoms with Crippen molar-refractivity contribution in [2.75, 3.05) is 25.7 Å². The topological polar surface area (TPSA) is 86.9 Å². The number of aromatic nitrogens is 2. The van der Waals surface area contributed by atoms with Crippen LogP contribution in [0.25, 0.3) is 11.4 Å². The van der Waals surface area contributed by atoms with Gasteiger partial charge in [-0.3, -0.25) is 9.69 Å². The molecule has 144 valence electrons. The molecule has 0 aliphatic carbocycles. The highest BCUT2D eigenvalue weighted by Gasteiger charge is 2.28.